The molecule has 2 atom stereocenters. The van der Waals surface area contributed by atoms with E-state index in [1.165, 1.54) is 22.2 Å². The van der Waals surface area contributed by atoms with Gasteiger partial charge in [-0.1, -0.05) is 18.2 Å². The third-order valence-corrected chi connectivity index (χ3v) is 6.36. The van der Waals surface area contributed by atoms with Crippen LogP contribution in [-0.4, -0.2) is 35.3 Å². The lowest BCUT2D eigenvalue weighted by molar-refractivity contribution is 0.0896. The van der Waals surface area contributed by atoms with E-state index in [4.69, 9.17) is 9.47 Å². The third kappa shape index (κ3) is 3.01. The summed E-state index contributed by atoms with van der Waals surface area (Å²) in [6.45, 7) is 3.34. The van der Waals surface area contributed by atoms with Crippen molar-refractivity contribution < 1.29 is 9.47 Å². The van der Waals surface area contributed by atoms with E-state index in [2.05, 4.69) is 45.6 Å². The fourth-order valence-corrected chi connectivity index (χ4v) is 4.83. The number of hydrogen-bond acceptors (Lipinski definition) is 4. The molecule has 1 unspecified atom stereocenters. The third-order valence-electron chi connectivity index (χ3n) is 6.36. The summed E-state index contributed by atoms with van der Waals surface area (Å²) in [6.07, 6.45) is 3.27. The number of para-hydroxylation sites is 1. The number of hydrogen-bond donors (Lipinski definition) is 2. The van der Waals surface area contributed by atoms with Gasteiger partial charge in [0.25, 0.3) is 0 Å². The number of nitrogens with zero attached hydrogens (tertiary/aromatic N) is 1. The molecule has 6 rings (SSSR count). The zero-order chi connectivity index (χ0) is 20.1. The van der Waals surface area contributed by atoms with Gasteiger partial charge in [0.2, 0.25) is 0 Å². The first kappa shape index (κ1) is 17.8. The Bertz CT molecular complexity index is 1250. The minimum Gasteiger partial charge on any atom is -0.486 e. The van der Waals surface area contributed by atoms with Crippen molar-refractivity contribution >= 4 is 21.8 Å². The fourth-order valence-electron chi connectivity index (χ4n) is 4.83. The molecule has 2 aromatic carbocycles. The number of rotatable bonds is 3. The molecule has 152 valence electrons. The SMILES string of the molecule is Cc1ccc2c3c(ccc2n1)OC[C@H](CNC1CCc2c([nH]c4ccccc24)C1)O3. The van der Waals surface area contributed by atoms with Crippen molar-refractivity contribution in [2.45, 2.75) is 38.3 Å². The van der Waals surface area contributed by atoms with Crippen LogP contribution in [0.1, 0.15) is 23.4 Å². The number of ether oxygens (including phenoxy) is 2. The fraction of sp³-hybridized carbons (Fsp3) is 0.320. The topological polar surface area (TPSA) is 59.2 Å². The minimum absolute atomic E-state index is 0.00601. The summed E-state index contributed by atoms with van der Waals surface area (Å²) in [7, 11) is 0. The van der Waals surface area contributed by atoms with Crippen LogP contribution in [0.2, 0.25) is 0 Å². The molecule has 0 saturated heterocycles. The summed E-state index contributed by atoms with van der Waals surface area (Å²) in [5, 5.41) is 6.12. The highest BCUT2D eigenvalue weighted by molar-refractivity contribution is 5.88. The van der Waals surface area contributed by atoms with Crippen LogP contribution in [0.15, 0.2) is 48.5 Å². The lowest BCUT2D eigenvalue weighted by atomic mass is 9.91. The van der Waals surface area contributed by atoms with E-state index in [0.29, 0.717) is 12.6 Å². The first-order chi connectivity index (χ1) is 14.7. The van der Waals surface area contributed by atoms with Crippen LogP contribution in [0, 0.1) is 6.92 Å². The second-order valence-electron chi connectivity index (χ2n) is 8.44. The van der Waals surface area contributed by atoms with Gasteiger partial charge in [-0.15, -0.1) is 0 Å². The van der Waals surface area contributed by atoms with Crippen LogP contribution in [0.3, 0.4) is 0 Å². The number of H-pyrrole nitrogens is 1. The van der Waals surface area contributed by atoms with Crippen molar-refractivity contribution in [2.75, 3.05) is 13.2 Å². The molecule has 0 saturated carbocycles. The molecule has 2 aromatic heterocycles. The maximum Gasteiger partial charge on any atom is 0.171 e. The van der Waals surface area contributed by atoms with E-state index in [1.54, 1.807) is 0 Å². The Balaban J connectivity index is 1.16. The lowest BCUT2D eigenvalue weighted by Gasteiger charge is -2.30. The zero-order valence-corrected chi connectivity index (χ0v) is 17.1. The number of pyridine rings is 1. The van der Waals surface area contributed by atoms with Crippen molar-refractivity contribution in [3.8, 4) is 11.5 Å². The van der Waals surface area contributed by atoms with E-state index in [0.717, 1.165) is 53.9 Å². The zero-order valence-electron chi connectivity index (χ0n) is 17.1. The predicted molar refractivity (Wildman–Crippen MR) is 119 cm³/mol. The van der Waals surface area contributed by atoms with Crippen LogP contribution in [0.4, 0.5) is 0 Å². The molecule has 1 aliphatic heterocycles. The monoisotopic (exact) mass is 399 g/mol. The number of fused-ring (bicyclic) bond motifs is 6. The summed E-state index contributed by atoms with van der Waals surface area (Å²) in [4.78, 5) is 8.23. The van der Waals surface area contributed by atoms with Crippen LogP contribution in [0.25, 0.3) is 21.8 Å². The van der Waals surface area contributed by atoms with Crippen LogP contribution in [0.5, 0.6) is 11.5 Å². The molecular formula is C25H25N3O2. The molecule has 2 aliphatic rings. The average molecular weight is 399 g/mol. The van der Waals surface area contributed by atoms with Gasteiger partial charge in [0.05, 0.1) is 5.52 Å². The summed E-state index contributed by atoms with van der Waals surface area (Å²) >= 11 is 0. The van der Waals surface area contributed by atoms with Gasteiger partial charge >= 0.3 is 0 Å². The molecule has 0 radical (unpaired) electrons. The lowest BCUT2D eigenvalue weighted by Crippen LogP contribution is -2.44. The average Bonchev–Trinajstić information content (AvgIpc) is 3.15. The normalized spacial score (nSPS) is 20.4. The van der Waals surface area contributed by atoms with Crippen LogP contribution >= 0.6 is 0 Å². The number of aryl methyl sites for hydroxylation is 2. The molecule has 5 heteroatoms. The van der Waals surface area contributed by atoms with Crippen LogP contribution in [-0.2, 0) is 12.8 Å². The van der Waals surface area contributed by atoms with Crippen molar-refractivity contribution in [1.82, 2.24) is 15.3 Å². The van der Waals surface area contributed by atoms with Crippen molar-refractivity contribution in [3.05, 3.63) is 65.5 Å². The Morgan fingerprint density at radius 3 is 3.00 bits per heavy atom. The van der Waals surface area contributed by atoms with Crippen molar-refractivity contribution in [1.29, 1.82) is 0 Å². The summed E-state index contributed by atoms with van der Waals surface area (Å²) in [5.41, 5.74) is 6.07. The molecule has 1 aliphatic carbocycles. The van der Waals surface area contributed by atoms with E-state index in [1.807, 2.05) is 25.1 Å². The second-order valence-corrected chi connectivity index (χ2v) is 8.44. The van der Waals surface area contributed by atoms with E-state index in [9.17, 15) is 0 Å². The molecule has 2 N–H and O–H groups in total. The molecule has 30 heavy (non-hydrogen) atoms. The molecular weight excluding hydrogens is 374 g/mol. The predicted octanol–water partition coefficient (Wildman–Crippen LogP) is 4.31. The van der Waals surface area contributed by atoms with Gasteiger partial charge in [-0.3, -0.25) is 4.98 Å². The Kier molecular flexibility index (Phi) is 4.16. The molecule has 0 spiro atoms. The van der Waals surface area contributed by atoms with E-state index >= 15 is 0 Å². The highest BCUT2D eigenvalue weighted by atomic mass is 16.6. The minimum atomic E-state index is -0.00601. The molecule has 4 aromatic rings. The van der Waals surface area contributed by atoms with Crippen LogP contribution < -0.4 is 14.8 Å². The molecule has 0 bridgehead atoms. The van der Waals surface area contributed by atoms with Gasteiger partial charge in [-0.2, -0.15) is 0 Å². The summed E-state index contributed by atoms with van der Waals surface area (Å²) in [6, 6.07) is 17.1. The smallest absolute Gasteiger partial charge is 0.171 e. The Hall–Kier alpha value is -3.05. The van der Waals surface area contributed by atoms with Gasteiger partial charge in [0.1, 0.15) is 12.7 Å². The van der Waals surface area contributed by atoms with Gasteiger partial charge in [-0.05, 0) is 55.7 Å². The molecule has 0 fully saturated rings. The number of nitrogens with one attached hydrogen (secondary N) is 2. The molecule has 0 amide bonds. The summed E-state index contributed by atoms with van der Waals surface area (Å²) < 4.78 is 12.4. The largest absolute Gasteiger partial charge is 0.486 e. The van der Waals surface area contributed by atoms with Crippen molar-refractivity contribution in [3.63, 3.8) is 0 Å². The maximum absolute atomic E-state index is 6.36. The Labute approximate surface area is 175 Å². The highest BCUT2D eigenvalue weighted by Gasteiger charge is 2.26. The first-order valence-corrected chi connectivity index (χ1v) is 10.8. The van der Waals surface area contributed by atoms with Crippen molar-refractivity contribution in [2.24, 2.45) is 0 Å². The molecule has 3 heterocycles. The van der Waals surface area contributed by atoms with Gasteiger partial charge in [-0.25, -0.2) is 0 Å². The highest BCUT2D eigenvalue weighted by Crippen LogP contribution is 2.38. The first-order valence-electron chi connectivity index (χ1n) is 10.8. The Morgan fingerprint density at radius 1 is 1.10 bits per heavy atom. The number of benzene rings is 2. The number of aromatic nitrogens is 2. The van der Waals surface area contributed by atoms with Gasteiger partial charge in [0.15, 0.2) is 11.5 Å². The van der Waals surface area contributed by atoms with Gasteiger partial charge in [0, 0.05) is 46.7 Å². The van der Waals surface area contributed by atoms with E-state index < -0.39 is 0 Å². The molecule has 5 nitrogen and oxygen atoms in total. The quantitative estimate of drug-likeness (QED) is 0.539. The van der Waals surface area contributed by atoms with E-state index in [-0.39, 0.29) is 6.10 Å². The Morgan fingerprint density at radius 2 is 2.03 bits per heavy atom. The number of aromatic amines is 1. The van der Waals surface area contributed by atoms with Gasteiger partial charge < -0.3 is 19.8 Å². The standard InChI is InChI=1S/C25H25N3O2/c1-15-6-8-20-22(27-15)10-11-24-25(20)30-17(14-29-24)13-26-16-7-9-19-18-4-2-3-5-21(18)28-23(19)12-16/h2-6,8,10-11,16-17,26,28H,7,9,12-14H2,1H3/t16?,17-/m0/s1. The maximum atomic E-state index is 6.36. The second kappa shape index (κ2) is 7.03. The summed E-state index contributed by atoms with van der Waals surface area (Å²) in [5.74, 6) is 1.63.